The van der Waals surface area contributed by atoms with Crippen molar-refractivity contribution in [3.63, 3.8) is 0 Å². The largest absolute Gasteiger partial charge is 0.479 e. The van der Waals surface area contributed by atoms with Crippen molar-refractivity contribution >= 4 is 59.2 Å². The summed E-state index contributed by atoms with van der Waals surface area (Å²) in [4.78, 5) is 115. The third kappa shape index (κ3) is 13.7. The Kier molecular flexibility index (Phi) is 15.9. The monoisotopic (exact) mass is 740 g/mol. The highest BCUT2D eigenvalue weighted by atomic mass is 16.4. The van der Waals surface area contributed by atoms with E-state index in [0.29, 0.717) is 12.0 Å². The van der Waals surface area contributed by atoms with Gasteiger partial charge in [0.25, 0.3) is 17.7 Å². The van der Waals surface area contributed by atoms with Crippen LogP contribution in [0.4, 0.5) is 0 Å². The molecule has 0 saturated carbocycles. The Labute approximate surface area is 303 Å². The summed E-state index contributed by atoms with van der Waals surface area (Å²) >= 11 is 0. The third-order valence-corrected chi connectivity index (χ3v) is 8.11. The molecule has 20 nitrogen and oxygen atoms in total. The Morgan fingerprint density at radius 2 is 1.36 bits per heavy atom. The summed E-state index contributed by atoms with van der Waals surface area (Å²) in [5, 5.41) is 34.2. The van der Waals surface area contributed by atoms with Gasteiger partial charge >= 0.3 is 5.97 Å². The van der Waals surface area contributed by atoms with Gasteiger partial charge in [0, 0.05) is 44.6 Å². The summed E-state index contributed by atoms with van der Waals surface area (Å²) in [5.41, 5.74) is 5.90. The molecule has 1 fully saturated rings. The van der Waals surface area contributed by atoms with Crippen LogP contribution in [0.15, 0.2) is 42.5 Å². The van der Waals surface area contributed by atoms with E-state index in [1.807, 2.05) is 5.32 Å². The second kappa shape index (κ2) is 20.5. The van der Waals surface area contributed by atoms with Gasteiger partial charge in [-0.05, 0) is 37.7 Å². The van der Waals surface area contributed by atoms with Gasteiger partial charge in [0.05, 0.1) is 6.54 Å². The van der Waals surface area contributed by atoms with Crippen LogP contribution in [0.2, 0.25) is 0 Å². The highest BCUT2D eigenvalue weighted by Crippen LogP contribution is 2.09. The van der Waals surface area contributed by atoms with E-state index in [0.717, 1.165) is 17.1 Å². The molecular weight excluding hydrogens is 696 g/mol. The van der Waals surface area contributed by atoms with Crippen molar-refractivity contribution in [3.05, 3.63) is 48.0 Å². The van der Waals surface area contributed by atoms with Crippen LogP contribution in [0.3, 0.4) is 0 Å². The Hall–Kier alpha value is -6.34. The van der Waals surface area contributed by atoms with Crippen LogP contribution in [-0.4, -0.2) is 120 Å². The van der Waals surface area contributed by atoms with E-state index in [-0.39, 0.29) is 64.1 Å². The zero-order chi connectivity index (χ0) is 38.9. The molecule has 11 N–H and O–H groups in total. The smallest absolute Gasteiger partial charge is 0.336 e. The number of carboxylic acids is 1. The average Bonchev–Trinajstić information content (AvgIpc) is 3.44. The van der Waals surface area contributed by atoms with Crippen LogP contribution >= 0.6 is 0 Å². The summed E-state index contributed by atoms with van der Waals surface area (Å²) in [5.74, 6) is -8.16. The molecule has 2 heterocycles. The van der Waals surface area contributed by atoms with E-state index in [2.05, 4.69) is 31.9 Å². The Morgan fingerprint density at radius 1 is 0.774 bits per heavy atom. The summed E-state index contributed by atoms with van der Waals surface area (Å²) < 4.78 is 0. The summed E-state index contributed by atoms with van der Waals surface area (Å²) in [6, 6.07) is 2.41. The van der Waals surface area contributed by atoms with Crippen molar-refractivity contribution in [2.45, 2.75) is 69.1 Å². The SMILES string of the molecule is N=C(N)NCCCC1NC(=O)C(CCCCNC(=O)CCN2C(=O)C=CC2=O)NC(=O)[C@@H](Cc2ccccc2)NC(=O)C(C(=O)O)NC(=O)CNC1=O. The van der Waals surface area contributed by atoms with Crippen molar-refractivity contribution in [1.82, 2.24) is 42.1 Å². The molecule has 4 atom stereocenters. The number of nitrogens with two attached hydrogens (primary N) is 1. The second-order valence-electron chi connectivity index (χ2n) is 12.2. The topological polar surface area (TPSA) is 311 Å². The van der Waals surface area contributed by atoms with Crippen LogP contribution in [0.25, 0.3) is 0 Å². The summed E-state index contributed by atoms with van der Waals surface area (Å²) in [6.45, 7) is -0.518. The van der Waals surface area contributed by atoms with Gasteiger partial charge in [-0.1, -0.05) is 30.3 Å². The van der Waals surface area contributed by atoms with Gasteiger partial charge in [0.2, 0.25) is 35.6 Å². The lowest BCUT2D eigenvalue weighted by Gasteiger charge is -2.25. The van der Waals surface area contributed by atoms with Gasteiger partial charge in [0.15, 0.2) is 5.96 Å². The number of rotatable bonds is 15. The maximum absolute atomic E-state index is 13.8. The number of imide groups is 1. The number of amides is 8. The average molecular weight is 741 g/mol. The molecular formula is C33H44N10O10. The highest BCUT2D eigenvalue weighted by molar-refractivity contribution is 6.13. The normalized spacial score (nSPS) is 21.3. The molecule has 0 aromatic heterocycles. The first kappa shape index (κ1) is 41.1. The summed E-state index contributed by atoms with van der Waals surface area (Å²) in [7, 11) is 0. The number of hydrogen-bond donors (Lipinski definition) is 10. The van der Waals surface area contributed by atoms with E-state index >= 15 is 0 Å². The van der Waals surface area contributed by atoms with Crippen LogP contribution in [-0.2, 0) is 49.6 Å². The maximum Gasteiger partial charge on any atom is 0.336 e. The molecule has 1 saturated heterocycles. The number of hydrogen-bond acceptors (Lipinski definition) is 10. The first-order chi connectivity index (χ1) is 25.2. The minimum atomic E-state index is -2.12. The number of carboxylic acid groups (broad SMARTS) is 1. The van der Waals surface area contributed by atoms with E-state index < -0.39 is 83.9 Å². The quantitative estimate of drug-likeness (QED) is 0.0273. The fourth-order valence-corrected chi connectivity index (χ4v) is 5.32. The fraction of sp³-hybridized carbons (Fsp3) is 0.455. The molecule has 3 unspecified atom stereocenters. The third-order valence-electron chi connectivity index (χ3n) is 8.11. The molecule has 1 aromatic rings. The first-order valence-corrected chi connectivity index (χ1v) is 16.9. The number of aliphatic carboxylic acids is 1. The van der Waals surface area contributed by atoms with Crippen molar-refractivity contribution in [2.24, 2.45) is 5.73 Å². The Balaban J connectivity index is 1.79. The van der Waals surface area contributed by atoms with E-state index in [9.17, 15) is 48.3 Å². The Bertz CT molecular complexity index is 1580. The number of guanidine groups is 1. The van der Waals surface area contributed by atoms with Crippen molar-refractivity contribution in [2.75, 3.05) is 26.2 Å². The number of unbranched alkanes of at least 4 members (excludes halogenated alkanes) is 1. The molecule has 2 aliphatic rings. The van der Waals surface area contributed by atoms with Crippen molar-refractivity contribution in [3.8, 4) is 0 Å². The van der Waals surface area contributed by atoms with Crippen LogP contribution in [0.5, 0.6) is 0 Å². The maximum atomic E-state index is 13.8. The lowest BCUT2D eigenvalue weighted by atomic mass is 10.0. The van der Waals surface area contributed by atoms with Gasteiger partial charge in [-0.25, -0.2) is 4.79 Å². The second-order valence-corrected chi connectivity index (χ2v) is 12.2. The van der Waals surface area contributed by atoms with Gasteiger partial charge in [0.1, 0.15) is 18.1 Å². The Morgan fingerprint density at radius 3 is 2.00 bits per heavy atom. The molecule has 53 heavy (non-hydrogen) atoms. The minimum Gasteiger partial charge on any atom is -0.479 e. The van der Waals surface area contributed by atoms with E-state index in [1.54, 1.807) is 30.3 Å². The molecule has 286 valence electrons. The zero-order valence-electron chi connectivity index (χ0n) is 28.8. The molecule has 0 bridgehead atoms. The van der Waals surface area contributed by atoms with Crippen molar-refractivity contribution < 1.29 is 48.3 Å². The lowest BCUT2D eigenvalue weighted by molar-refractivity contribution is -0.147. The molecule has 3 rings (SSSR count). The number of nitrogens with one attached hydrogen (secondary N) is 8. The molecule has 0 aliphatic carbocycles. The number of benzene rings is 1. The van der Waals surface area contributed by atoms with E-state index in [4.69, 9.17) is 11.1 Å². The van der Waals surface area contributed by atoms with E-state index in [1.165, 1.54) is 0 Å². The number of carbonyl (C=O) groups excluding carboxylic acids is 8. The van der Waals surface area contributed by atoms with Gasteiger partial charge in [-0.2, -0.15) is 0 Å². The molecule has 0 radical (unpaired) electrons. The molecule has 20 heteroatoms. The highest BCUT2D eigenvalue weighted by Gasteiger charge is 2.35. The van der Waals surface area contributed by atoms with Crippen molar-refractivity contribution in [1.29, 1.82) is 5.41 Å². The predicted molar refractivity (Wildman–Crippen MR) is 185 cm³/mol. The summed E-state index contributed by atoms with van der Waals surface area (Å²) in [6.07, 6.45) is 2.82. The number of nitrogens with zero attached hydrogens (tertiary/aromatic N) is 1. The first-order valence-electron chi connectivity index (χ1n) is 16.9. The predicted octanol–water partition coefficient (Wildman–Crippen LogP) is -3.75. The van der Waals surface area contributed by atoms with Gasteiger partial charge in [-0.15, -0.1) is 0 Å². The van der Waals surface area contributed by atoms with Crippen LogP contribution in [0, 0.1) is 5.41 Å². The van der Waals surface area contributed by atoms with Gasteiger partial charge in [-0.3, -0.25) is 48.7 Å². The minimum absolute atomic E-state index is 0.0000778. The van der Waals surface area contributed by atoms with Crippen LogP contribution in [0.1, 0.15) is 44.1 Å². The van der Waals surface area contributed by atoms with Gasteiger partial charge < -0.3 is 48.1 Å². The fourth-order valence-electron chi connectivity index (χ4n) is 5.32. The lowest BCUT2D eigenvalue weighted by Crippen LogP contribution is -2.59. The standard InChI is InChI=1S/C33H44N10O10/c34-33(35)37-15-6-10-20-28(48)38-18-24(45)42-27(32(52)53)31(51)41-22(17-19-7-2-1-3-8-19)30(50)40-21(29(49)39-20)9-4-5-14-36-23(44)13-16-43-25(46)11-12-26(43)47/h1-3,7-8,11-12,20-22,27H,4-6,9-10,13-18H2,(H,36,44)(H,38,48)(H,39,49)(H,40,50)(H,41,51)(H,42,45)(H,52,53)(H4,34,35,37)/t20?,21?,22-,27?/m1/s1. The van der Waals surface area contributed by atoms with Crippen LogP contribution < -0.4 is 43.0 Å². The molecule has 8 amide bonds. The zero-order valence-corrected chi connectivity index (χ0v) is 28.8. The molecule has 1 aromatic carbocycles. The molecule has 2 aliphatic heterocycles. The molecule has 0 spiro atoms. The number of carbonyl (C=O) groups is 9.